The summed E-state index contributed by atoms with van der Waals surface area (Å²) in [4.78, 5) is 19.6. The Balaban J connectivity index is 1.74. The standard InChI is InChI=1S/C18H13FN4O3S/c1-2-22-10-20-9-14(22)17-8-13-18(27-17)16(5-6-21-13)26-15-4-3-11(23(24)25)7-12(15)19/h3-10H,2H2,1H3. The zero-order valence-corrected chi connectivity index (χ0v) is 14.9. The van der Waals surface area contributed by atoms with E-state index in [-0.39, 0.29) is 11.4 Å². The highest BCUT2D eigenvalue weighted by atomic mass is 32.1. The highest BCUT2D eigenvalue weighted by Crippen LogP contribution is 2.39. The summed E-state index contributed by atoms with van der Waals surface area (Å²) in [5.41, 5.74) is 1.36. The van der Waals surface area contributed by atoms with Crippen LogP contribution in [0.2, 0.25) is 0 Å². The summed E-state index contributed by atoms with van der Waals surface area (Å²) < 4.78 is 22.6. The number of thiophene rings is 1. The van der Waals surface area contributed by atoms with Crippen molar-refractivity contribution in [3.8, 4) is 22.1 Å². The molecule has 9 heteroatoms. The molecule has 0 bridgehead atoms. The highest BCUT2D eigenvalue weighted by molar-refractivity contribution is 7.22. The van der Waals surface area contributed by atoms with Crippen LogP contribution in [-0.2, 0) is 6.54 Å². The average Bonchev–Trinajstić information content (AvgIpc) is 3.29. The fourth-order valence-corrected chi connectivity index (χ4v) is 3.80. The largest absolute Gasteiger partial charge is 0.453 e. The summed E-state index contributed by atoms with van der Waals surface area (Å²) in [6.45, 7) is 2.82. The van der Waals surface area contributed by atoms with E-state index < -0.39 is 10.7 Å². The molecule has 27 heavy (non-hydrogen) atoms. The summed E-state index contributed by atoms with van der Waals surface area (Å²) in [5, 5.41) is 10.7. The Kier molecular flexibility index (Phi) is 4.28. The first-order chi connectivity index (χ1) is 13.1. The van der Waals surface area contributed by atoms with Crippen molar-refractivity contribution in [3.63, 3.8) is 0 Å². The smallest absolute Gasteiger partial charge is 0.272 e. The van der Waals surface area contributed by atoms with E-state index in [1.807, 2.05) is 17.6 Å². The lowest BCUT2D eigenvalue weighted by molar-refractivity contribution is -0.385. The van der Waals surface area contributed by atoms with Crippen LogP contribution in [0.1, 0.15) is 6.92 Å². The minimum Gasteiger partial charge on any atom is -0.453 e. The minimum absolute atomic E-state index is 0.0818. The molecule has 3 heterocycles. The second-order valence-electron chi connectivity index (χ2n) is 5.67. The number of pyridine rings is 1. The molecule has 3 aromatic heterocycles. The molecule has 0 saturated carbocycles. The number of hydrogen-bond donors (Lipinski definition) is 0. The van der Waals surface area contributed by atoms with E-state index in [4.69, 9.17) is 4.74 Å². The summed E-state index contributed by atoms with van der Waals surface area (Å²) in [6.07, 6.45) is 5.12. The van der Waals surface area contributed by atoms with Gasteiger partial charge in [-0.25, -0.2) is 9.37 Å². The van der Waals surface area contributed by atoms with E-state index in [1.54, 1.807) is 24.8 Å². The molecular weight excluding hydrogens is 371 g/mol. The number of hydrogen-bond acceptors (Lipinski definition) is 6. The second kappa shape index (κ2) is 6.76. The molecule has 136 valence electrons. The van der Waals surface area contributed by atoms with Crippen LogP contribution in [0.5, 0.6) is 11.5 Å². The van der Waals surface area contributed by atoms with Crippen molar-refractivity contribution in [2.45, 2.75) is 13.5 Å². The van der Waals surface area contributed by atoms with Crippen LogP contribution >= 0.6 is 11.3 Å². The Hall–Kier alpha value is -3.33. The van der Waals surface area contributed by atoms with Gasteiger partial charge in [0.05, 0.1) is 44.3 Å². The van der Waals surface area contributed by atoms with E-state index in [0.717, 1.165) is 33.4 Å². The summed E-state index contributed by atoms with van der Waals surface area (Å²) in [6, 6.07) is 6.87. The zero-order chi connectivity index (χ0) is 19.0. The predicted octanol–water partition coefficient (Wildman–Crippen LogP) is 5.02. The van der Waals surface area contributed by atoms with Gasteiger partial charge in [0.25, 0.3) is 5.69 Å². The van der Waals surface area contributed by atoms with Gasteiger partial charge in [-0.1, -0.05) is 0 Å². The van der Waals surface area contributed by atoms with Crippen molar-refractivity contribution in [1.82, 2.24) is 14.5 Å². The maximum Gasteiger partial charge on any atom is 0.272 e. The van der Waals surface area contributed by atoms with Crippen molar-refractivity contribution >= 4 is 27.2 Å². The van der Waals surface area contributed by atoms with Gasteiger partial charge in [0.15, 0.2) is 11.6 Å². The number of benzene rings is 1. The number of nitro groups is 1. The van der Waals surface area contributed by atoms with Crippen molar-refractivity contribution in [2.24, 2.45) is 0 Å². The van der Waals surface area contributed by atoms with Gasteiger partial charge in [-0.05, 0) is 19.1 Å². The van der Waals surface area contributed by atoms with Crippen molar-refractivity contribution < 1.29 is 14.1 Å². The quantitative estimate of drug-likeness (QED) is 0.356. The van der Waals surface area contributed by atoms with Gasteiger partial charge in [0.2, 0.25) is 0 Å². The van der Waals surface area contributed by atoms with E-state index in [1.165, 1.54) is 23.5 Å². The van der Waals surface area contributed by atoms with E-state index in [0.29, 0.717) is 5.75 Å². The van der Waals surface area contributed by atoms with Crippen molar-refractivity contribution in [2.75, 3.05) is 0 Å². The number of nitrogens with zero attached hydrogens (tertiary/aromatic N) is 4. The molecule has 0 saturated heterocycles. The van der Waals surface area contributed by atoms with Crippen molar-refractivity contribution in [3.05, 3.63) is 65.0 Å². The first-order valence-corrected chi connectivity index (χ1v) is 8.89. The lowest BCUT2D eigenvalue weighted by atomic mass is 10.3. The molecule has 0 spiro atoms. The lowest BCUT2D eigenvalue weighted by Crippen LogP contribution is -1.92. The van der Waals surface area contributed by atoms with Crippen molar-refractivity contribution in [1.29, 1.82) is 0 Å². The number of aromatic nitrogens is 3. The molecular formula is C18H13FN4O3S. The maximum absolute atomic E-state index is 14.2. The normalized spacial score (nSPS) is 11.0. The molecule has 0 aliphatic heterocycles. The van der Waals surface area contributed by atoms with E-state index in [9.17, 15) is 14.5 Å². The number of halogens is 1. The third-order valence-corrected chi connectivity index (χ3v) is 5.19. The van der Waals surface area contributed by atoms with Gasteiger partial charge >= 0.3 is 0 Å². The van der Waals surface area contributed by atoms with Gasteiger partial charge in [0.1, 0.15) is 5.75 Å². The fraction of sp³-hybridized carbons (Fsp3) is 0.111. The lowest BCUT2D eigenvalue weighted by Gasteiger charge is -2.07. The summed E-state index contributed by atoms with van der Waals surface area (Å²) >= 11 is 1.47. The molecule has 0 unspecified atom stereocenters. The Morgan fingerprint density at radius 2 is 2.15 bits per heavy atom. The van der Waals surface area contributed by atoms with Gasteiger partial charge in [-0.3, -0.25) is 15.1 Å². The van der Waals surface area contributed by atoms with Crippen LogP contribution in [-0.4, -0.2) is 19.5 Å². The first kappa shape index (κ1) is 17.1. The Morgan fingerprint density at radius 3 is 2.89 bits per heavy atom. The number of ether oxygens (including phenoxy) is 1. The van der Waals surface area contributed by atoms with Gasteiger partial charge in [0, 0.05) is 24.9 Å². The molecule has 0 N–H and O–H groups in total. The summed E-state index contributed by atoms with van der Waals surface area (Å²) in [5.74, 6) is -0.441. The topological polar surface area (TPSA) is 83.1 Å². The average molecular weight is 384 g/mol. The zero-order valence-electron chi connectivity index (χ0n) is 14.1. The fourth-order valence-electron chi connectivity index (χ4n) is 2.70. The van der Waals surface area contributed by atoms with E-state index >= 15 is 0 Å². The second-order valence-corrected chi connectivity index (χ2v) is 6.73. The van der Waals surface area contributed by atoms with Gasteiger partial charge in [-0.15, -0.1) is 11.3 Å². The number of rotatable bonds is 5. The maximum atomic E-state index is 14.2. The number of imidazole rings is 1. The number of nitro benzene ring substituents is 1. The highest BCUT2D eigenvalue weighted by Gasteiger charge is 2.16. The molecule has 1 aromatic carbocycles. The minimum atomic E-state index is -0.796. The third kappa shape index (κ3) is 3.13. The van der Waals surface area contributed by atoms with Crippen LogP contribution in [0, 0.1) is 15.9 Å². The number of fused-ring (bicyclic) bond motifs is 1. The Morgan fingerprint density at radius 1 is 1.30 bits per heavy atom. The van der Waals surface area contributed by atoms with E-state index in [2.05, 4.69) is 9.97 Å². The van der Waals surface area contributed by atoms with Crippen LogP contribution in [0.3, 0.4) is 0 Å². The van der Waals surface area contributed by atoms with Crippen LogP contribution in [0.25, 0.3) is 20.8 Å². The molecule has 0 aliphatic rings. The Bertz CT molecular complexity index is 1150. The molecule has 0 radical (unpaired) electrons. The van der Waals surface area contributed by atoms with Gasteiger partial charge < -0.3 is 9.30 Å². The first-order valence-electron chi connectivity index (χ1n) is 8.07. The monoisotopic (exact) mass is 384 g/mol. The van der Waals surface area contributed by atoms with Crippen LogP contribution < -0.4 is 4.74 Å². The molecule has 0 fully saturated rings. The SMILES string of the molecule is CCn1cncc1-c1cc2nccc(Oc3ccc([N+](=O)[O-])cc3F)c2s1. The summed E-state index contributed by atoms with van der Waals surface area (Å²) in [7, 11) is 0. The van der Waals surface area contributed by atoms with Gasteiger partial charge in [-0.2, -0.15) is 0 Å². The third-order valence-electron chi connectivity index (χ3n) is 4.03. The molecule has 0 atom stereocenters. The number of non-ortho nitro benzene ring substituents is 1. The van der Waals surface area contributed by atoms with Crippen LogP contribution in [0.4, 0.5) is 10.1 Å². The number of aryl methyl sites for hydroxylation is 1. The molecule has 4 aromatic rings. The molecule has 7 nitrogen and oxygen atoms in total. The predicted molar refractivity (Wildman–Crippen MR) is 99.6 cm³/mol. The van der Waals surface area contributed by atoms with Crippen LogP contribution in [0.15, 0.2) is 49.1 Å². The Labute approximate surface area is 156 Å². The molecule has 0 amide bonds. The molecule has 0 aliphatic carbocycles. The molecule has 4 rings (SSSR count).